The Morgan fingerprint density at radius 2 is 1.39 bits per heavy atom. The molecule has 0 N–H and O–H groups in total. The van der Waals surface area contributed by atoms with Crippen LogP contribution in [0.15, 0.2) is 18.5 Å². The number of aryl methyl sites for hydroxylation is 3. The highest BCUT2D eigenvalue weighted by Gasteiger charge is 2.04. The monoisotopic (exact) mass is 250 g/mol. The predicted molar refractivity (Wildman–Crippen MR) is 84.2 cm³/mol. The average Bonchev–Trinajstić information content (AvgIpc) is 2.73. The number of nitrogens with zero attached hydrogens (tertiary/aromatic N) is 2. The van der Waals surface area contributed by atoms with Crippen molar-refractivity contribution < 1.29 is 0 Å². The molecule has 18 heavy (non-hydrogen) atoms. The number of hydrogen-bond acceptors (Lipinski definition) is 1. The molecule has 0 saturated heterocycles. The smallest absolute Gasteiger partial charge is 0.140 e. The number of pyridine rings is 1. The molecular formula is C16H30N2. The van der Waals surface area contributed by atoms with Crippen molar-refractivity contribution in [1.82, 2.24) is 9.55 Å². The van der Waals surface area contributed by atoms with Crippen molar-refractivity contribution in [3.8, 4) is 0 Å². The minimum atomic E-state index is 1.08. The Balaban J connectivity index is 0. The lowest BCUT2D eigenvalue weighted by atomic mass is 10.1. The van der Waals surface area contributed by atoms with Crippen LogP contribution in [0, 0.1) is 13.8 Å². The molecule has 0 aliphatic carbocycles. The zero-order valence-electron chi connectivity index (χ0n) is 13.6. The molecule has 0 saturated carbocycles. The highest BCUT2D eigenvalue weighted by atomic mass is 15.0. The fourth-order valence-corrected chi connectivity index (χ4v) is 1.71. The first-order chi connectivity index (χ1) is 8.70. The summed E-state index contributed by atoms with van der Waals surface area (Å²) in [7, 11) is 2.03. The van der Waals surface area contributed by atoms with Gasteiger partial charge < -0.3 is 4.57 Å². The van der Waals surface area contributed by atoms with Crippen LogP contribution < -0.4 is 0 Å². The minimum Gasteiger partial charge on any atom is -0.335 e. The Hall–Kier alpha value is -1.31. The average molecular weight is 250 g/mol. The molecule has 104 valence electrons. The Kier molecular flexibility index (Phi) is 11.4. The normalized spacial score (nSPS) is 8.28. The molecule has 0 spiro atoms. The lowest BCUT2D eigenvalue weighted by Gasteiger charge is -1.96. The van der Waals surface area contributed by atoms with Gasteiger partial charge in [-0.1, -0.05) is 41.5 Å². The number of hydrogen-bond donors (Lipinski definition) is 0. The lowest BCUT2D eigenvalue weighted by molar-refractivity contribution is 0.944. The molecule has 0 atom stereocenters. The van der Waals surface area contributed by atoms with Crippen molar-refractivity contribution >= 4 is 11.0 Å². The maximum Gasteiger partial charge on any atom is 0.140 e. The van der Waals surface area contributed by atoms with Gasteiger partial charge in [-0.2, -0.15) is 0 Å². The first-order valence-corrected chi connectivity index (χ1v) is 7.07. The quantitative estimate of drug-likeness (QED) is 0.623. The van der Waals surface area contributed by atoms with Gasteiger partial charge in [-0.3, -0.25) is 0 Å². The van der Waals surface area contributed by atoms with Crippen LogP contribution in [0.2, 0.25) is 0 Å². The second kappa shape index (κ2) is 10.8. The van der Waals surface area contributed by atoms with Gasteiger partial charge in [-0.15, -0.1) is 0 Å². The standard InChI is InChI=1S/C10H12N2.3C2H6/c1-7-4-5-11-10-9(7)8(2)6-12(10)3;3*1-2/h4-6H,1-3H3;3*1-2H3. The molecule has 2 heterocycles. The number of fused-ring (bicyclic) bond motifs is 1. The summed E-state index contributed by atoms with van der Waals surface area (Å²) in [4.78, 5) is 4.33. The number of rotatable bonds is 0. The summed E-state index contributed by atoms with van der Waals surface area (Å²) in [6.45, 7) is 16.2. The Labute approximate surface area is 113 Å². The Morgan fingerprint density at radius 3 is 1.83 bits per heavy atom. The predicted octanol–water partition coefficient (Wildman–Crippen LogP) is 5.27. The van der Waals surface area contributed by atoms with Gasteiger partial charge in [-0.25, -0.2) is 4.98 Å². The van der Waals surface area contributed by atoms with E-state index in [0.29, 0.717) is 0 Å². The molecule has 0 bridgehead atoms. The van der Waals surface area contributed by atoms with E-state index in [4.69, 9.17) is 0 Å². The summed E-state index contributed by atoms with van der Waals surface area (Å²) < 4.78 is 2.07. The molecule has 2 aromatic rings. The van der Waals surface area contributed by atoms with Gasteiger partial charge in [0.15, 0.2) is 0 Å². The van der Waals surface area contributed by atoms with Gasteiger partial charge in [0, 0.05) is 24.8 Å². The maximum absolute atomic E-state index is 4.33. The Bertz CT molecular complexity index is 428. The van der Waals surface area contributed by atoms with Crippen molar-refractivity contribution in [3.63, 3.8) is 0 Å². The third-order valence-electron chi connectivity index (χ3n) is 2.26. The van der Waals surface area contributed by atoms with E-state index >= 15 is 0 Å². The fraction of sp³-hybridized carbons (Fsp3) is 0.562. The van der Waals surface area contributed by atoms with Crippen LogP contribution in [-0.4, -0.2) is 9.55 Å². The van der Waals surface area contributed by atoms with E-state index in [2.05, 4.69) is 35.7 Å². The van der Waals surface area contributed by atoms with Crippen LogP contribution in [0.5, 0.6) is 0 Å². The van der Waals surface area contributed by atoms with E-state index in [9.17, 15) is 0 Å². The summed E-state index contributed by atoms with van der Waals surface area (Å²) in [6.07, 6.45) is 3.97. The van der Waals surface area contributed by atoms with Gasteiger partial charge in [-0.05, 0) is 31.0 Å². The van der Waals surface area contributed by atoms with Crippen molar-refractivity contribution in [2.75, 3.05) is 0 Å². The van der Waals surface area contributed by atoms with E-state index in [1.54, 1.807) is 0 Å². The molecule has 0 radical (unpaired) electrons. The molecule has 0 aromatic carbocycles. The topological polar surface area (TPSA) is 17.8 Å². The molecule has 2 nitrogen and oxygen atoms in total. The molecule has 2 heteroatoms. The SMILES string of the molecule is CC.CC.CC.Cc1ccnc2c1c(C)cn2C. The molecular weight excluding hydrogens is 220 g/mol. The van der Waals surface area contributed by atoms with E-state index in [-0.39, 0.29) is 0 Å². The van der Waals surface area contributed by atoms with Crippen LogP contribution in [0.1, 0.15) is 52.7 Å². The van der Waals surface area contributed by atoms with Crippen LogP contribution in [-0.2, 0) is 7.05 Å². The molecule has 0 aliphatic heterocycles. The highest BCUT2D eigenvalue weighted by Crippen LogP contribution is 2.20. The first kappa shape index (κ1) is 19.0. The van der Waals surface area contributed by atoms with Gasteiger partial charge in [0.05, 0.1) is 0 Å². The third-order valence-corrected chi connectivity index (χ3v) is 2.26. The van der Waals surface area contributed by atoms with E-state index < -0.39 is 0 Å². The summed E-state index contributed by atoms with van der Waals surface area (Å²) in [5.41, 5.74) is 3.68. The second-order valence-electron chi connectivity index (χ2n) is 3.25. The molecule has 0 aliphatic rings. The van der Waals surface area contributed by atoms with Crippen molar-refractivity contribution in [2.24, 2.45) is 7.05 Å². The summed E-state index contributed by atoms with van der Waals surface area (Å²) in [5, 5.41) is 1.29. The van der Waals surface area contributed by atoms with E-state index in [1.165, 1.54) is 16.5 Å². The molecule has 0 fully saturated rings. The summed E-state index contributed by atoms with van der Waals surface area (Å²) >= 11 is 0. The van der Waals surface area contributed by atoms with Gasteiger partial charge >= 0.3 is 0 Å². The molecule has 2 rings (SSSR count). The second-order valence-corrected chi connectivity index (χ2v) is 3.25. The van der Waals surface area contributed by atoms with Crippen LogP contribution in [0.25, 0.3) is 11.0 Å². The van der Waals surface area contributed by atoms with Crippen LogP contribution >= 0.6 is 0 Å². The lowest BCUT2D eigenvalue weighted by Crippen LogP contribution is -1.87. The van der Waals surface area contributed by atoms with Gasteiger partial charge in [0.2, 0.25) is 0 Å². The fourth-order valence-electron chi connectivity index (χ4n) is 1.71. The van der Waals surface area contributed by atoms with Crippen molar-refractivity contribution in [2.45, 2.75) is 55.4 Å². The van der Waals surface area contributed by atoms with E-state index in [0.717, 1.165) is 5.65 Å². The maximum atomic E-state index is 4.33. The minimum absolute atomic E-state index is 1.08. The van der Waals surface area contributed by atoms with Crippen molar-refractivity contribution in [1.29, 1.82) is 0 Å². The van der Waals surface area contributed by atoms with E-state index in [1.807, 2.05) is 54.8 Å². The highest BCUT2D eigenvalue weighted by molar-refractivity contribution is 5.83. The summed E-state index contributed by atoms with van der Waals surface area (Å²) in [5.74, 6) is 0. The first-order valence-electron chi connectivity index (χ1n) is 7.07. The zero-order valence-corrected chi connectivity index (χ0v) is 13.6. The zero-order chi connectivity index (χ0) is 14.7. The van der Waals surface area contributed by atoms with Crippen LogP contribution in [0.3, 0.4) is 0 Å². The van der Waals surface area contributed by atoms with Crippen LogP contribution in [0.4, 0.5) is 0 Å². The van der Waals surface area contributed by atoms with Gasteiger partial charge in [0.25, 0.3) is 0 Å². The largest absolute Gasteiger partial charge is 0.335 e. The third kappa shape index (κ3) is 4.52. The van der Waals surface area contributed by atoms with Gasteiger partial charge in [0.1, 0.15) is 5.65 Å². The molecule has 0 amide bonds. The summed E-state index contributed by atoms with van der Waals surface area (Å²) in [6, 6.07) is 2.05. The number of aromatic nitrogens is 2. The molecule has 2 aromatic heterocycles. The molecule has 0 unspecified atom stereocenters. The van der Waals surface area contributed by atoms with Crippen molar-refractivity contribution in [3.05, 3.63) is 29.6 Å². The Morgan fingerprint density at radius 1 is 0.889 bits per heavy atom.